The molecule has 0 bridgehead atoms. The highest BCUT2D eigenvalue weighted by Gasteiger charge is 2.22. The van der Waals surface area contributed by atoms with Gasteiger partial charge in [0.05, 0.1) is 0 Å². The molecule has 0 spiro atoms. The Balaban J connectivity index is 2.20. The number of anilines is 1. The predicted molar refractivity (Wildman–Crippen MR) is 71.1 cm³/mol. The molecular formula is C15H21NO. The first-order valence-electron chi connectivity index (χ1n) is 6.59. The van der Waals surface area contributed by atoms with Gasteiger partial charge in [0, 0.05) is 17.2 Å². The van der Waals surface area contributed by atoms with Gasteiger partial charge in [0.1, 0.15) is 0 Å². The smallest absolute Gasteiger partial charge is 0.166 e. The lowest BCUT2D eigenvalue weighted by atomic mass is 9.89. The van der Waals surface area contributed by atoms with Crippen LogP contribution in [0.25, 0.3) is 0 Å². The summed E-state index contributed by atoms with van der Waals surface area (Å²) in [6.45, 7) is 1.94. The first kappa shape index (κ1) is 12.2. The second-order valence-electron chi connectivity index (χ2n) is 5.07. The standard InChI is InChI=1S/C15H21NO/c1-11-13(9-6-10-14(11)16)15(17)12-7-4-2-3-5-8-12/h6,9-10,12H,2-5,7-8,16H2,1H3. The number of rotatable bonds is 2. The Hall–Kier alpha value is -1.31. The van der Waals surface area contributed by atoms with E-state index in [0.717, 1.165) is 29.7 Å². The van der Waals surface area contributed by atoms with Gasteiger partial charge in [-0.2, -0.15) is 0 Å². The van der Waals surface area contributed by atoms with E-state index in [1.807, 2.05) is 25.1 Å². The maximum absolute atomic E-state index is 12.5. The van der Waals surface area contributed by atoms with Gasteiger partial charge in [-0.15, -0.1) is 0 Å². The second-order valence-corrected chi connectivity index (χ2v) is 5.07. The molecule has 1 fully saturated rings. The molecule has 0 radical (unpaired) electrons. The molecule has 2 heteroatoms. The Labute approximate surface area is 103 Å². The Morgan fingerprint density at radius 1 is 1.18 bits per heavy atom. The first-order valence-corrected chi connectivity index (χ1v) is 6.59. The predicted octanol–water partition coefficient (Wildman–Crippen LogP) is 3.73. The Morgan fingerprint density at radius 2 is 1.82 bits per heavy atom. The minimum absolute atomic E-state index is 0.220. The summed E-state index contributed by atoms with van der Waals surface area (Å²) in [5.74, 6) is 0.523. The Kier molecular flexibility index (Phi) is 3.82. The van der Waals surface area contributed by atoms with Gasteiger partial charge in [-0.05, 0) is 31.4 Å². The molecule has 2 rings (SSSR count). The van der Waals surface area contributed by atoms with Crippen LogP contribution in [0.5, 0.6) is 0 Å². The fourth-order valence-electron chi connectivity index (χ4n) is 2.68. The van der Waals surface area contributed by atoms with Crippen LogP contribution in [-0.2, 0) is 0 Å². The zero-order valence-electron chi connectivity index (χ0n) is 10.5. The van der Waals surface area contributed by atoms with Crippen molar-refractivity contribution in [2.45, 2.75) is 45.4 Å². The number of nitrogen functional groups attached to an aromatic ring is 1. The van der Waals surface area contributed by atoms with E-state index in [9.17, 15) is 4.79 Å². The number of benzene rings is 1. The van der Waals surface area contributed by atoms with Crippen LogP contribution in [0.15, 0.2) is 18.2 Å². The van der Waals surface area contributed by atoms with Gasteiger partial charge in [-0.1, -0.05) is 37.8 Å². The largest absolute Gasteiger partial charge is 0.398 e. The van der Waals surface area contributed by atoms with Crippen molar-refractivity contribution in [3.63, 3.8) is 0 Å². The van der Waals surface area contributed by atoms with Crippen molar-refractivity contribution in [3.05, 3.63) is 29.3 Å². The van der Waals surface area contributed by atoms with Crippen LogP contribution >= 0.6 is 0 Å². The molecule has 0 atom stereocenters. The van der Waals surface area contributed by atoms with Gasteiger partial charge in [0.25, 0.3) is 0 Å². The number of carbonyl (C=O) groups excluding carboxylic acids is 1. The summed E-state index contributed by atoms with van der Waals surface area (Å²) >= 11 is 0. The summed E-state index contributed by atoms with van der Waals surface area (Å²) in [5.41, 5.74) is 8.37. The van der Waals surface area contributed by atoms with Crippen molar-refractivity contribution in [1.29, 1.82) is 0 Å². The first-order chi connectivity index (χ1) is 8.20. The highest BCUT2D eigenvalue weighted by molar-refractivity contribution is 6.00. The molecular weight excluding hydrogens is 210 g/mol. The molecule has 0 unspecified atom stereocenters. The SMILES string of the molecule is Cc1c(N)cccc1C(=O)C1CCCCCC1. The summed E-state index contributed by atoms with van der Waals surface area (Å²) in [7, 11) is 0. The fraction of sp³-hybridized carbons (Fsp3) is 0.533. The number of hydrogen-bond donors (Lipinski definition) is 1. The molecule has 1 aliphatic rings. The van der Waals surface area contributed by atoms with E-state index in [-0.39, 0.29) is 5.92 Å². The molecule has 2 N–H and O–H groups in total. The molecule has 0 aliphatic heterocycles. The highest BCUT2D eigenvalue weighted by atomic mass is 16.1. The fourth-order valence-corrected chi connectivity index (χ4v) is 2.68. The lowest BCUT2D eigenvalue weighted by Crippen LogP contribution is -2.15. The van der Waals surface area contributed by atoms with E-state index in [0.29, 0.717) is 5.78 Å². The molecule has 2 nitrogen and oxygen atoms in total. The monoisotopic (exact) mass is 231 g/mol. The second kappa shape index (κ2) is 5.35. The van der Waals surface area contributed by atoms with E-state index < -0.39 is 0 Å². The lowest BCUT2D eigenvalue weighted by Gasteiger charge is -2.15. The van der Waals surface area contributed by atoms with Crippen LogP contribution < -0.4 is 5.73 Å². The molecule has 0 heterocycles. The quantitative estimate of drug-likeness (QED) is 0.479. The van der Waals surface area contributed by atoms with Crippen LogP contribution in [0.4, 0.5) is 5.69 Å². The van der Waals surface area contributed by atoms with Crippen LogP contribution in [0, 0.1) is 12.8 Å². The maximum atomic E-state index is 12.5. The molecule has 92 valence electrons. The summed E-state index contributed by atoms with van der Waals surface area (Å²) in [4.78, 5) is 12.5. The zero-order chi connectivity index (χ0) is 12.3. The molecule has 0 amide bonds. The van der Waals surface area contributed by atoms with Crippen molar-refractivity contribution < 1.29 is 4.79 Å². The van der Waals surface area contributed by atoms with Gasteiger partial charge in [-0.25, -0.2) is 0 Å². The summed E-state index contributed by atoms with van der Waals surface area (Å²) < 4.78 is 0. The minimum atomic E-state index is 0.220. The highest BCUT2D eigenvalue weighted by Crippen LogP contribution is 2.28. The topological polar surface area (TPSA) is 43.1 Å². The summed E-state index contributed by atoms with van der Waals surface area (Å²) in [6, 6.07) is 5.66. The van der Waals surface area contributed by atoms with E-state index >= 15 is 0 Å². The molecule has 1 aromatic carbocycles. The van der Waals surface area contributed by atoms with E-state index in [1.165, 1.54) is 25.7 Å². The van der Waals surface area contributed by atoms with E-state index in [1.54, 1.807) is 0 Å². The van der Waals surface area contributed by atoms with Gasteiger partial charge in [0.2, 0.25) is 0 Å². The van der Waals surface area contributed by atoms with Crippen LogP contribution in [-0.4, -0.2) is 5.78 Å². The zero-order valence-corrected chi connectivity index (χ0v) is 10.5. The molecule has 1 saturated carbocycles. The van der Waals surface area contributed by atoms with Gasteiger partial charge in [0.15, 0.2) is 5.78 Å². The van der Waals surface area contributed by atoms with Crippen molar-refractivity contribution in [2.75, 3.05) is 5.73 Å². The Morgan fingerprint density at radius 3 is 2.47 bits per heavy atom. The summed E-state index contributed by atoms with van der Waals surface area (Å²) in [6.07, 6.45) is 7.04. The van der Waals surface area contributed by atoms with Gasteiger partial charge >= 0.3 is 0 Å². The lowest BCUT2D eigenvalue weighted by molar-refractivity contribution is 0.0907. The number of ketones is 1. The maximum Gasteiger partial charge on any atom is 0.166 e. The molecule has 17 heavy (non-hydrogen) atoms. The average molecular weight is 231 g/mol. The number of hydrogen-bond acceptors (Lipinski definition) is 2. The minimum Gasteiger partial charge on any atom is -0.398 e. The molecule has 0 saturated heterocycles. The molecule has 1 aliphatic carbocycles. The van der Waals surface area contributed by atoms with Crippen molar-refractivity contribution >= 4 is 11.5 Å². The Bertz CT molecular complexity index is 403. The van der Waals surface area contributed by atoms with E-state index in [2.05, 4.69) is 0 Å². The van der Waals surface area contributed by atoms with Gasteiger partial charge in [-0.3, -0.25) is 4.79 Å². The normalized spacial score (nSPS) is 17.7. The van der Waals surface area contributed by atoms with Crippen LogP contribution in [0.1, 0.15) is 54.4 Å². The summed E-state index contributed by atoms with van der Waals surface area (Å²) in [5, 5.41) is 0. The van der Waals surface area contributed by atoms with Crippen molar-refractivity contribution in [2.24, 2.45) is 5.92 Å². The number of Topliss-reactive ketones (excluding diaryl/α,β-unsaturated/α-hetero) is 1. The van der Waals surface area contributed by atoms with E-state index in [4.69, 9.17) is 5.73 Å². The van der Waals surface area contributed by atoms with Gasteiger partial charge < -0.3 is 5.73 Å². The number of carbonyl (C=O) groups is 1. The van der Waals surface area contributed by atoms with Crippen molar-refractivity contribution in [3.8, 4) is 0 Å². The third kappa shape index (κ3) is 2.68. The molecule has 1 aromatic rings. The van der Waals surface area contributed by atoms with Crippen molar-refractivity contribution in [1.82, 2.24) is 0 Å². The average Bonchev–Trinajstić information content (AvgIpc) is 2.60. The van der Waals surface area contributed by atoms with Crippen LogP contribution in [0.3, 0.4) is 0 Å². The number of nitrogens with two attached hydrogens (primary N) is 1. The molecule has 0 aromatic heterocycles. The van der Waals surface area contributed by atoms with Crippen LogP contribution in [0.2, 0.25) is 0 Å². The third-order valence-electron chi connectivity index (χ3n) is 3.87. The third-order valence-corrected chi connectivity index (χ3v) is 3.87.